The van der Waals surface area contributed by atoms with E-state index in [1.54, 1.807) is 7.05 Å². The Morgan fingerprint density at radius 3 is 2.07 bits per heavy atom. The average molecular weight is 395 g/mol. The molecule has 1 heterocycles. The number of piperidine rings is 1. The van der Waals surface area contributed by atoms with Crippen LogP contribution in [0.3, 0.4) is 0 Å². The molecule has 2 amide bonds. The van der Waals surface area contributed by atoms with Crippen LogP contribution in [0.4, 0.5) is 5.69 Å². The smallest absolute Gasteiger partial charge is 0.279 e. The number of anilines is 1. The zero-order valence-electron chi connectivity index (χ0n) is 17.7. The molecule has 1 fully saturated rings. The van der Waals surface area contributed by atoms with Gasteiger partial charge in [0.15, 0.2) is 13.1 Å². The second kappa shape index (κ2) is 9.23. The molecular formula is C24H32N3O2+. The fourth-order valence-corrected chi connectivity index (χ4v) is 4.43. The van der Waals surface area contributed by atoms with E-state index in [9.17, 15) is 9.59 Å². The van der Waals surface area contributed by atoms with Crippen LogP contribution in [0, 0.1) is 13.8 Å². The maximum Gasteiger partial charge on any atom is 0.279 e. The average Bonchev–Trinajstić information content (AvgIpc) is 2.72. The van der Waals surface area contributed by atoms with Gasteiger partial charge in [0.2, 0.25) is 0 Å². The maximum atomic E-state index is 13.0. The molecule has 0 saturated carbocycles. The van der Waals surface area contributed by atoms with Crippen LogP contribution in [0.15, 0.2) is 48.5 Å². The number of rotatable bonds is 6. The van der Waals surface area contributed by atoms with Crippen LogP contribution in [0.25, 0.3) is 0 Å². The standard InChI is InChI=1S/C24H31N3O2/c1-18-8-7-9-19(2)24(18)26-23(29)17-27(16-22(28)25-3)14-12-21(13-15-27)20-10-5-4-6-11-20/h4-11,21H,12-17H2,1-3H3,(H-,25,26,28,29)/p+1. The Morgan fingerprint density at radius 1 is 0.897 bits per heavy atom. The number of carbonyl (C=O) groups is 2. The van der Waals surface area contributed by atoms with E-state index in [1.807, 2.05) is 38.1 Å². The van der Waals surface area contributed by atoms with E-state index in [4.69, 9.17) is 0 Å². The van der Waals surface area contributed by atoms with Crippen LogP contribution in [0.2, 0.25) is 0 Å². The third-order valence-electron chi connectivity index (χ3n) is 6.16. The van der Waals surface area contributed by atoms with Crippen molar-refractivity contribution in [1.29, 1.82) is 0 Å². The molecule has 0 unspecified atom stereocenters. The monoisotopic (exact) mass is 394 g/mol. The number of aryl methyl sites for hydroxylation is 2. The summed E-state index contributed by atoms with van der Waals surface area (Å²) in [5, 5.41) is 5.83. The summed E-state index contributed by atoms with van der Waals surface area (Å²) >= 11 is 0. The molecular weight excluding hydrogens is 362 g/mol. The first-order valence-corrected chi connectivity index (χ1v) is 10.4. The minimum Gasteiger partial charge on any atom is -0.354 e. The van der Waals surface area contributed by atoms with Gasteiger partial charge in [0.25, 0.3) is 11.8 Å². The van der Waals surface area contributed by atoms with E-state index >= 15 is 0 Å². The number of carbonyl (C=O) groups excluding carboxylic acids is 2. The molecule has 0 spiro atoms. The van der Waals surface area contributed by atoms with Crippen molar-refractivity contribution < 1.29 is 14.1 Å². The van der Waals surface area contributed by atoms with Crippen LogP contribution < -0.4 is 10.6 Å². The third kappa shape index (κ3) is 5.24. The fourth-order valence-electron chi connectivity index (χ4n) is 4.43. The van der Waals surface area contributed by atoms with Gasteiger partial charge in [-0.15, -0.1) is 0 Å². The number of nitrogens with one attached hydrogen (secondary N) is 2. The Morgan fingerprint density at radius 2 is 1.48 bits per heavy atom. The third-order valence-corrected chi connectivity index (χ3v) is 6.16. The summed E-state index contributed by atoms with van der Waals surface area (Å²) in [7, 11) is 1.66. The Bertz CT molecular complexity index is 835. The number of quaternary nitrogens is 1. The van der Waals surface area contributed by atoms with E-state index in [0.717, 1.165) is 42.7 Å². The summed E-state index contributed by atoms with van der Waals surface area (Å²) < 4.78 is 0.514. The summed E-state index contributed by atoms with van der Waals surface area (Å²) in [6.07, 6.45) is 1.97. The Hall–Kier alpha value is -2.66. The number of amides is 2. The predicted molar refractivity (Wildman–Crippen MR) is 117 cm³/mol. The van der Waals surface area contributed by atoms with Gasteiger partial charge >= 0.3 is 0 Å². The van der Waals surface area contributed by atoms with Gasteiger partial charge in [0, 0.05) is 25.6 Å². The quantitative estimate of drug-likeness (QED) is 0.738. The number of likely N-dealkylation sites (tertiary alicyclic amines) is 1. The highest BCUT2D eigenvalue weighted by Crippen LogP contribution is 2.31. The summed E-state index contributed by atoms with van der Waals surface area (Å²) in [4.78, 5) is 25.2. The van der Waals surface area contributed by atoms with Gasteiger partial charge in [-0.3, -0.25) is 9.59 Å². The van der Waals surface area contributed by atoms with Gasteiger partial charge in [0.1, 0.15) is 0 Å². The van der Waals surface area contributed by atoms with Gasteiger partial charge in [-0.1, -0.05) is 48.5 Å². The van der Waals surface area contributed by atoms with Crippen LogP contribution >= 0.6 is 0 Å². The topological polar surface area (TPSA) is 58.2 Å². The normalized spacial score (nSPS) is 21.4. The molecule has 154 valence electrons. The molecule has 29 heavy (non-hydrogen) atoms. The SMILES string of the molecule is CNC(=O)C[N+]1(CC(=O)Nc2c(C)cccc2C)CCC(c2ccccc2)CC1. The number of benzene rings is 2. The van der Waals surface area contributed by atoms with Crippen molar-refractivity contribution in [1.82, 2.24) is 5.32 Å². The largest absolute Gasteiger partial charge is 0.354 e. The van der Waals surface area contributed by atoms with Crippen LogP contribution in [-0.2, 0) is 9.59 Å². The Labute approximate surface area is 173 Å². The molecule has 1 aliphatic rings. The van der Waals surface area contributed by atoms with Gasteiger partial charge < -0.3 is 15.1 Å². The number of nitrogens with zero attached hydrogens (tertiary/aromatic N) is 1. The van der Waals surface area contributed by atoms with Crippen LogP contribution in [0.5, 0.6) is 0 Å². The molecule has 2 N–H and O–H groups in total. The molecule has 1 aliphatic heterocycles. The second-order valence-electron chi connectivity index (χ2n) is 8.28. The van der Waals surface area contributed by atoms with E-state index in [0.29, 0.717) is 23.5 Å². The first kappa shape index (κ1) is 21.1. The molecule has 0 radical (unpaired) electrons. The molecule has 0 atom stereocenters. The maximum absolute atomic E-state index is 13.0. The molecule has 0 aliphatic carbocycles. The van der Waals surface area contributed by atoms with Crippen molar-refractivity contribution >= 4 is 17.5 Å². The number of hydrogen-bond acceptors (Lipinski definition) is 2. The summed E-state index contributed by atoms with van der Waals surface area (Å²) in [5.74, 6) is 0.460. The lowest BCUT2D eigenvalue weighted by Gasteiger charge is -2.42. The van der Waals surface area contributed by atoms with E-state index < -0.39 is 0 Å². The molecule has 2 aromatic carbocycles. The van der Waals surface area contributed by atoms with Crippen molar-refractivity contribution in [3.05, 3.63) is 65.2 Å². The zero-order chi connectivity index (χ0) is 20.9. The second-order valence-corrected chi connectivity index (χ2v) is 8.28. The molecule has 3 rings (SSSR count). The Kier molecular flexibility index (Phi) is 6.70. The molecule has 5 nitrogen and oxygen atoms in total. The van der Waals surface area contributed by atoms with Crippen LogP contribution in [0.1, 0.15) is 35.4 Å². The predicted octanol–water partition coefficient (Wildman–Crippen LogP) is 3.38. The number of para-hydroxylation sites is 1. The summed E-state index contributed by atoms with van der Waals surface area (Å²) in [6, 6.07) is 16.5. The van der Waals surface area contributed by atoms with E-state index in [-0.39, 0.29) is 11.8 Å². The lowest BCUT2D eigenvalue weighted by Crippen LogP contribution is -2.59. The molecule has 5 heteroatoms. The first-order chi connectivity index (χ1) is 13.9. The van der Waals surface area contributed by atoms with Gasteiger partial charge in [-0.05, 0) is 36.5 Å². The van der Waals surface area contributed by atoms with E-state index in [1.165, 1.54) is 5.56 Å². The first-order valence-electron chi connectivity index (χ1n) is 10.4. The lowest BCUT2D eigenvalue weighted by atomic mass is 9.88. The highest BCUT2D eigenvalue weighted by atomic mass is 16.2. The van der Waals surface area contributed by atoms with Crippen molar-refractivity contribution in [2.75, 3.05) is 38.5 Å². The number of likely N-dealkylation sites (N-methyl/N-ethyl adjacent to an activating group) is 1. The molecule has 0 aromatic heterocycles. The Balaban J connectivity index is 1.72. The van der Waals surface area contributed by atoms with Crippen molar-refractivity contribution in [3.63, 3.8) is 0 Å². The lowest BCUT2D eigenvalue weighted by molar-refractivity contribution is -0.918. The number of hydrogen-bond donors (Lipinski definition) is 2. The van der Waals surface area contributed by atoms with Crippen molar-refractivity contribution in [2.45, 2.75) is 32.6 Å². The van der Waals surface area contributed by atoms with Gasteiger partial charge in [-0.25, -0.2) is 0 Å². The summed E-state index contributed by atoms with van der Waals surface area (Å²) in [5.41, 5.74) is 4.35. The highest BCUT2D eigenvalue weighted by molar-refractivity contribution is 5.93. The van der Waals surface area contributed by atoms with E-state index in [2.05, 4.69) is 34.9 Å². The minimum absolute atomic E-state index is 0.0111. The minimum atomic E-state index is -0.0236. The van der Waals surface area contributed by atoms with Crippen LogP contribution in [-0.4, -0.2) is 49.5 Å². The van der Waals surface area contributed by atoms with Gasteiger partial charge in [-0.2, -0.15) is 0 Å². The fraction of sp³-hybridized carbons (Fsp3) is 0.417. The van der Waals surface area contributed by atoms with Gasteiger partial charge in [0.05, 0.1) is 13.1 Å². The molecule has 1 saturated heterocycles. The summed E-state index contributed by atoms with van der Waals surface area (Å²) in [6.45, 7) is 6.33. The zero-order valence-corrected chi connectivity index (χ0v) is 17.7. The molecule has 2 aromatic rings. The van der Waals surface area contributed by atoms with Crippen molar-refractivity contribution in [3.8, 4) is 0 Å². The highest BCUT2D eigenvalue weighted by Gasteiger charge is 2.38. The van der Waals surface area contributed by atoms with Crippen molar-refractivity contribution in [2.24, 2.45) is 0 Å². The molecule has 0 bridgehead atoms.